The summed E-state index contributed by atoms with van der Waals surface area (Å²) in [4.78, 5) is 10.8. The van der Waals surface area contributed by atoms with Crippen LogP contribution in [0.25, 0.3) is 0 Å². The minimum atomic E-state index is -4.18. The first-order valence-corrected chi connectivity index (χ1v) is 4.42. The van der Waals surface area contributed by atoms with Crippen molar-refractivity contribution in [1.29, 1.82) is 0 Å². The Morgan fingerprint density at radius 3 is 2.44 bits per heavy atom. The summed E-state index contributed by atoms with van der Waals surface area (Å²) >= 11 is 0. The smallest absolute Gasteiger partial charge is 0.397 e. The van der Waals surface area contributed by atoms with E-state index in [1.807, 2.05) is 0 Å². The Hall–Kier alpha value is -1.11. The zero-order valence-corrected chi connectivity index (χ0v) is 8.44. The molecule has 2 atom stereocenters. The maximum Gasteiger partial charge on any atom is 0.397 e. The molecule has 3 nitrogen and oxygen atoms in total. The molecule has 0 aromatic heterocycles. The molecule has 2 unspecified atom stereocenters. The van der Waals surface area contributed by atoms with Crippen LogP contribution in [-0.2, 0) is 14.3 Å². The highest BCUT2D eigenvalue weighted by Gasteiger charge is 2.73. The number of rotatable bonds is 4. The molecule has 1 fully saturated rings. The fourth-order valence-corrected chi connectivity index (χ4v) is 1.07. The molecule has 1 aliphatic heterocycles. The summed E-state index contributed by atoms with van der Waals surface area (Å²) in [5.41, 5.74) is -3.39. The minimum absolute atomic E-state index is 0.0429. The van der Waals surface area contributed by atoms with Crippen LogP contribution < -0.4 is 0 Å². The lowest BCUT2D eigenvalue weighted by Gasteiger charge is -2.44. The van der Waals surface area contributed by atoms with Gasteiger partial charge in [0.15, 0.2) is 0 Å². The van der Waals surface area contributed by atoms with Crippen molar-refractivity contribution in [3.63, 3.8) is 0 Å². The second-order valence-electron chi connectivity index (χ2n) is 3.48. The van der Waals surface area contributed by atoms with Crippen LogP contribution in [0.15, 0.2) is 12.2 Å². The van der Waals surface area contributed by atoms with Gasteiger partial charge in [-0.1, -0.05) is 6.58 Å². The molecule has 0 amide bonds. The quantitative estimate of drug-likeness (QED) is 0.430. The van der Waals surface area contributed by atoms with Crippen LogP contribution in [0.3, 0.4) is 0 Å². The summed E-state index contributed by atoms with van der Waals surface area (Å²) in [7, 11) is 0. The van der Waals surface area contributed by atoms with Crippen LogP contribution in [-0.4, -0.2) is 30.7 Å². The molecule has 7 heteroatoms. The van der Waals surface area contributed by atoms with E-state index < -0.39 is 37.1 Å². The molecule has 0 radical (unpaired) electrons. The molecule has 0 aromatic carbocycles. The average Bonchev–Trinajstić information content (AvgIpc) is 2.16. The largest absolute Gasteiger partial charge is 0.462 e. The predicted octanol–water partition coefficient (Wildman–Crippen LogP) is 2.12. The van der Waals surface area contributed by atoms with Crippen molar-refractivity contribution < 1.29 is 31.8 Å². The minimum Gasteiger partial charge on any atom is -0.462 e. The van der Waals surface area contributed by atoms with E-state index in [1.54, 1.807) is 0 Å². The highest BCUT2D eigenvalue weighted by atomic mass is 19.3. The normalized spacial score (nSPS) is 31.7. The molecule has 0 spiro atoms. The van der Waals surface area contributed by atoms with Crippen molar-refractivity contribution in [2.75, 3.05) is 6.61 Å². The second-order valence-corrected chi connectivity index (χ2v) is 3.48. The maximum absolute atomic E-state index is 13.3. The molecule has 1 heterocycles. The van der Waals surface area contributed by atoms with E-state index in [1.165, 1.54) is 6.92 Å². The third-order valence-electron chi connectivity index (χ3n) is 2.14. The van der Waals surface area contributed by atoms with Gasteiger partial charge in [0.05, 0.1) is 6.61 Å². The summed E-state index contributed by atoms with van der Waals surface area (Å²) < 4.78 is 58.5. The molecule has 0 saturated carbocycles. The van der Waals surface area contributed by atoms with Crippen molar-refractivity contribution >= 4 is 5.97 Å². The van der Waals surface area contributed by atoms with Gasteiger partial charge in [0.1, 0.15) is 0 Å². The van der Waals surface area contributed by atoms with Crippen molar-refractivity contribution in [2.24, 2.45) is 0 Å². The number of ether oxygens (including phenoxy) is 2. The number of hydrogen-bond donors (Lipinski definition) is 0. The van der Waals surface area contributed by atoms with Gasteiger partial charge in [-0.15, -0.1) is 0 Å². The third kappa shape index (κ3) is 2.04. The van der Waals surface area contributed by atoms with Gasteiger partial charge in [-0.25, -0.2) is 13.6 Å². The zero-order valence-electron chi connectivity index (χ0n) is 8.44. The highest BCUT2D eigenvalue weighted by Crippen LogP contribution is 2.51. The first-order chi connectivity index (χ1) is 7.21. The fourth-order valence-electron chi connectivity index (χ4n) is 1.07. The van der Waals surface area contributed by atoms with Gasteiger partial charge in [0, 0.05) is 12.0 Å². The van der Waals surface area contributed by atoms with Gasteiger partial charge in [-0.05, 0) is 6.92 Å². The topological polar surface area (TPSA) is 35.5 Å². The Morgan fingerprint density at radius 1 is 1.50 bits per heavy atom. The van der Waals surface area contributed by atoms with E-state index in [0.29, 0.717) is 0 Å². The van der Waals surface area contributed by atoms with E-state index in [9.17, 15) is 22.4 Å². The summed E-state index contributed by atoms with van der Waals surface area (Å²) in [6.07, 6.45) is -7.85. The number of halogens is 4. The van der Waals surface area contributed by atoms with Crippen LogP contribution in [0.1, 0.15) is 13.3 Å². The van der Waals surface area contributed by atoms with Gasteiger partial charge >= 0.3 is 12.1 Å². The van der Waals surface area contributed by atoms with E-state index in [-0.39, 0.29) is 5.57 Å². The van der Waals surface area contributed by atoms with Gasteiger partial charge in [-0.2, -0.15) is 8.78 Å². The molecule has 0 aliphatic carbocycles. The Balaban J connectivity index is 2.43. The number of alkyl halides is 4. The Labute approximate surface area is 89.0 Å². The lowest BCUT2D eigenvalue weighted by Crippen LogP contribution is -2.66. The van der Waals surface area contributed by atoms with Crippen LogP contribution in [0, 0.1) is 0 Å². The van der Waals surface area contributed by atoms with Crippen LogP contribution >= 0.6 is 0 Å². The van der Waals surface area contributed by atoms with Crippen LogP contribution in [0.4, 0.5) is 17.6 Å². The van der Waals surface area contributed by atoms with Crippen molar-refractivity contribution in [2.45, 2.75) is 31.5 Å². The molecular weight excluding hydrogens is 232 g/mol. The predicted molar refractivity (Wildman–Crippen MR) is 45.2 cm³/mol. The van der Waals surface area contributed by atoms with Gasteiger partial charge < -0.3 is 4.74 Å². The lowest BCUT2D eigenvalue weighted by atomic mass is 9.96. The van der Waals surface area contributed by atoms with E-state index in [0.717, 1.165) is 0 Å². The molecule has 0 aromatic rings. The van der Waals surface area contributed by atoms with Gasteiger partial charge in [0.25, 0.3) is 5.67 Å². The summed E-state index contributed by atoms with van der Waals surface area (Å²) in [6, 6.07) is 0. The van der Waals surface area contributed by atoms with Gasteiger partial charge in [-0.3, -0.25) is 4.74 Å². The van der Waals surface area contributed by atoms with Crippen LogP contribution in [0.2, 0.25) is 0 Å². The molecule has 1 rings (SSSR count). The number of esters is 1. The SMILES string of the molecule is C=C(C)C(=O)OCCC1(F)C(F)OC1(F)F. The standard InChI is InChI=1S/C9H10F4O3/c1-5(2)6(14)15-4-3-8(11)7(10)16-9(8,12)13/h7H,1,3-4H2,2H3. The number of carbonyl (C=O) groups is 1. The summed E-state index contributed by atoms with van der Waals surface area (Å²) in [6.45, 7) is 3.91. The third-order valence-corrected chi connectivity index (χ3v) is 2.14. The summed E-state index contributed by atoms with van der Waals surface area (Å²) in [5.74, 6) is -0.845. The molecule has 0 bridgehead atoms. The number of carbonyl (C=O) groups excluding carboxylic acids is 1. The van der Waals surface area contributed by atoms with E-state index in [2.05, 4.69) is 16.1 Å². The average molecular weight is 242 g/mol. The highest BCUT2D eigenvalue weighted by molar-refractivity contribution is 5.86. The Morgan fingerprint density at radius 2 is 2.06 bits per heavy atom. The first-order valence-electron chi connectivity index (χ1n) is 4.42. The maximum atomic E-state index is 13.3. The Kier molecular flexibility index (Phi) is 3.27. The molecular formula is C9H10F4O3. The fraction of sp³-hybridized carbons (Fsp3) is 0.667. The first kappa shape index (κ1) is 13.0. The molecule has 16 heavy (non-hydrogen) atoms. The Bertz CT molecular complexity index is 318. The van der Waals surface area contributed by atoms with Crippen LogP contribution in [0.5, 0.6) is 0 Å². The molecule has 1 aliphatic rings. The summed E-state index contributed by atoms with van der Waals surface area (Å²) in [5, 5.41) is 0. The van der Waals surface area contributed by atoms with E-state index >= 15 is 0 Å². The van der Waals surface area contributed by atoms with Gasteiger partial charge in [0.2, 0.25) is 6.36 Å². The van der Waals surface area contributed by atoms with Crippen molar-refractivity contribution in [3.05, 3.63) is 12.2 Å². The van der Waals surface area contributed by atoms with E-state index in [4.69, 9.17) is 0 Å². The molecule has 0 N–H and O–H groups in total. The number of hydrogen-bond acceptors (Lipinski definition) is 3. The van der Waals surface area contributed by atoms with Crippen molar-refractivity contribution in [1.82, 2.24) is 0 Å². The second kappa shape index (κ2) is 4.04. The molecule has 1 saturated heterocycles. The monoisotopic (exact) mass is 242 g/mol. The molecule has 92 valence electrons. The lowest BCUT2D eigenvalue weighted by molar-refractivity contribution is -0.468. The van der Waals surface area contributed by atoms with Crippen molar-refractivity contribution in [3.8, 4) is 0 Å². The zero-order chi connectivity index (χ0) is 12.6.